The van der Waals surface area contributed by atoms with Crippen molar-refractivity contribution in [2.45, 2.75) is 57.3 Å². The predicted octanol–water partition coefficient (Wildman–Crippen LogP) is 6.42. The van der Waals surface area contributed by atoms with E-state index in [1.807, 2.05) is 0 Å². The fraction of sp³-hybridized carbons (Fsp3) is 0.419. The third-order valence-electron chi connectivity index (χ3n) is 9.12. The number of carboxylic acid groups (broad SMARTS) is 1. The molecule has 4 aliphatic rings. The van der Waals surface area contributed by atoms with Gasteiger partial charge in [-0.25, -0.2) is 4.79 Å². The van der Waals surface area contributed by atoms with Crippen molar-refractivity contribution in [2.75, 3.05) is 5.73 Å². The molecule has 0 radical (unpaired) electrons. The summed E-state index contributed by atoms with van der Waals surface area (Å²) in [6.45, 7) is -0.0841. The zero-order valence-electron chi connectivity index (χ0n) is 21.8. The van der Waals surface area contributed by atoms with Crippen molar-refractivity contribution in [2.24, 2.45) is 23.2 Å². The van der Waals surface area contributed by atoms with Crippen LogP contribution in [0.1, 0.15) is 60.0 Å². The lowest BCUT2D eigenvalue weighted by Gasteiger charge is -2.58. The highest BCUT2D eigenvalue weighted by molar-refractivity contribution is 6.05. The van der Waals surface area contributed by atoms with Gasteiger partial charge in [0, 0.05) is 16.5 Å². The topological polar surface area (TPSA) is 102 Å². The Morgan fingerprint density at radius 1 is 0.975 bits per heavy atom. The summed E-state index contributed by atoms with van der Waals surface area (Å²) in [6, 6.07) is 12.1. The number of nitrogen functional groups attached to an aromatic ring is 1. The van der Waals surface area contributed by atoms with Gasteiger partial charge in [0.1, 0.15) is 18.4 Å². The normalized spacial score (nSPS) is 26.0. The fourth-order valence-electron chi connectivity index (χ4n) is 7.82. The molecule has 0 aromatic heterocycles. The maximum absolute atomic E-state index is 13.7. The van der Waals surface area contributed by atoms with Crippen LogP contribution in [0.5, 0.6) is 5.75 Å². The Hall–Kier alpha value is -3.75. The molecule has 4 N–H and O–H groups in total. The highest BCUT2D eigenvalue weighted by Crippen LogP contribution is 2.61. The molecule has 1 atom stereocenters. The molecule has 3 aromatic carbocycles. The van der Waals surface area contributed by atoms with Gasteiger partial charge in [0.15, 0.2) is 0 Å². The van der Waals surface area contributed by atoms with Gasteiger partial charge in [-0.3, -0.25) is 4.79 Å². The van der Waals surface area contributed by atoms with Crippen LogP contribution in [0.15, 0.2) is 54.6 Å². The van der Waals surface area contributed by atoms with E-state index in [9.17, 15) is 27.9 Å². The van der Waals surface area contributed by atoms with E-state index < -0.39 is 35.1 Å². The average Bonchev–Trinajstić information content (AvgIpc) is 2.88. The van der Waals surface area contributed by atoms with E-state index in [-0.39, 0.29) is 17.9 Å². The van der Waals surface area contributed by atoms with E-state index in [4.69, 9.17) is 10.5 Å². The number of hydrogen-bond donors (Lipinski definition) is 3. The summed E-state index contributed by atoms with van der Waals surface area (Å²) in [5, 5.41) is 14.5. The van der Waals surface area contributed by atoms with Gasteiger partial charge in [-0.1, -0.05) is 18.2 Å². The number of nitrogens with one attached hydrogen (secondary N) is 1. The lowest BCUT2D eigenvalue weighted by atomic mass is 9.47. The maximum Gasteiger partial charge on any atom is 0.416 e. The van der Waals surface area contributed by atoms with Crippen molar-refractivity contribution in [3.05, 3.63) is 71.3 Å². The number of nitrogens with two attached hydrogens (primary N) is 1. The number of alkyl halides is 3. The second-order valence-corrected chi connectivity index (χ2v) is 11.9. The summed E-state index contributed by atoms with van der Waals surface area (Å²) in [5.74, 6) is 0.182. The summed E-state index contributed by atoms with van der Waals surface area (Å²) in [6.07, 6.45) is 1.43. The summed E-state index contributed by atoms with van der Waals surface area (Å²) in [5.41, 5.74) is 5.91. The van der Waals surface area contributed by atoms with Crippen molar-refractivity contribution in [3.8, 4) is 5.75 Å². The van der Waals surface area contributed by atoms with Gasteiger partial charge >= 0.3 is 12.1 Å². The molecule has 6 nitrogen and oxygen atoms in total. The van der Waals surface area contributed by atoms with Crippen LogP contribution >= 0.6 is 0 Å². The van der Waals surface area contributed by atoms with Gasteiger partial charge in [-0.05, 0) is 104 Å². The van der Waals surface area contributed by atoms with Crippen LogP contribution in [0.3, 0.4) is 0 Å². The molecule has 210 valence electrons. The Kier molecular flexibility index (Phi) is 6.43. The van der Waals surface area contributed by atoms with Gasteiger partial charge in [0.2, 0.25) is 0 Å². The molecule has 4 aliphatic carbocycles. The van der Waals surface area contributed by atoms with Crippen LogP contribution in [0.4, 0.5) is 18.9 Å². The van der Waals surface area contributed by atoms with E-state index in [0.717, 1.165) is 56.0 Å². The predicted molar refractivity (Wildman–Crippen MR) is 144 cm³/mol. The fourth-order valence-corrected chi connectivity index (χ4v) is 7.82. The van der Waals surface area contributed by atoms with E-state index in [1.165, 1.54) is 12.1 Å². The summed E-state index contributed by atoms with van der Waals surface area (Å²) in [4.78, 5) is 26.3. The zero-order valence-corrected chi connectivity index (χ0v) is 21.8. The minimum absolute atomic E-state index is 0.0841. The number of carboxylic acids is 1. The number of carbonyl (C=O) groups is 2. The van der Waals surface area contributed by atoms with Crippen molar-refractivity contribution in [1.29, 1.82) is 0 Å². The Morgan fingerprint density at radius 2 is 1.60 bits per heavy atom. The number of ether oxygens (including phenoxy) is 1. The molecule has 0 aliphatic heterocycles. The van der Waals surface area contributed by atoms with Gasteiger partial charge in [-0.15, -0.1) is 0 Å². The minimum Gasteiger partial charge on any atom is -0.487 e. The van der Waals surface area contributed by atoms with Crippen LogP contribution in [0, 0.1) is 23.2 Å². The molecule has 1 unspecified atom stereocenters. The maximum atomic E-state index is 13.7. The molecule has 3 aromatic rings. The zero-order chi connectivity index (χ0) is 28.2. The first-order valence-corrected chi connectivity index (χ1v) is 13.7. The smallest absolute Gasteiger partial charge is 0.416 e. The molecule has 0 heterocycles. The van der Waals surface area contributed by atoms with Gasteiger partial charge in [-0.2, -0.15) is 13.2 Å². The average molecular weight is 553 g/mol. The monoisotopic (exact) mass is 552 g/mol. The lowest BCUT2D eigenvalue weighted by molar-refractivity contribution is -0.150. The van der Waals surface area contributed by atoms with Crippen molar-refractivity contribution < 1.29 is 32.6 Å². The second-order valence-electron chi connectivity index (χ2n) is 11.9. The Morgan fingerprint density at radius 3 is 2.17 bits per heavy atom. The number of rotatable bonds is 7. The molecular weight excluding hydrogens is 521 g/mol. The van der Waals surface area contributed by atoms with Gasteiger partial charge < -0.3 is 20.9 Å². The molecule has 0 spiro atoms. The number of halogens is 3. The van der Waals surface area contributed by atoms with Crippen LogP contribution < -0.4 is 15.8 Å². The summed E-state index contributed by atoms with van der Waals surface area (Å²) >= 11 is 0. The number of carbonyl (C=O) groups excluding carboxylic acids is 1. The summed E-state index contributed by atoms with van der Waals surface area (Å²) in [7, 11) is 0. The van der Waals surface area contributed by atoms with Crippen molar-refractivity contribution in [3.63, 3.8) is 0 Å². The third kappa shape index (κ3) is 4.86. The summed E-state index contributed by atoms with van der Waals surface area (Å²) < 4.78 is 45.0. The van der Waals surface area contributed by atoms with Gasteiger partial charge in [0.25, 0.3) is 5.91 Å². The first-order chi connectivity index (χ1) is 19.0. The molecule has 9 heteroatoms. The SMILES string of the molecule is Nc1ccc2c(OCc3ccc(C(F)(F)F)cc3)c(C(=O)NC(C(=O)O)C34CC5CC(CC(C5)C3)C4)ccc2c1. The third-order valence-corrected chi connectivity index (χ3v) is 9.12. The van der Waals surface area contributed by atoms with E-state index >= 15 is 0 Å². The molecule has 4 fully saturated rings. The Labute approximate surface area is 229 Å². The minimum atomic E-state index is -4.45. The standard InChI is InChI=1S/C31H31F3N2O4/c32-31(33,34)22-4-1-17(2-5-22)16-40-26-24-8-6-23(35)12-21(24)3-7-25(26)28(37)36-27(29(38)39)30-13-18-9-19(14-30)11-20(10-18)15-30/h1-8,12,18-20,27H,9-11,13-16,35H2,(H,36,37)(H,38,39). The molecule has 4 bridgehead atoms. The van der Waals surface area contributed by atoms with Gasteiger partial charge in [0.05, 0.1) is 11.1 Å². The number of amides is 1. The van der Waals surface area contributed by atoms with E-state index in [1.54, 1.807) is 30.3 Å². The first-order valence-electron chi connectivity index (χ1n) is 13.7. The molecule has 0 saturated heterocycles. The molecule has 4 saturated carbocycles. The van der Waals surface area contributed by atoms with Crippen molar-refractivity contribution in [1.82, 2.24) is 5.32 Å². The molecular formula is C31H31F3N2O4. The second kappa shape index (κ2) is 9.71. The molecule has 40 heavy (non-hydrogen) atoms. The number of anilines is 1. The molecule has 7 rings (SSSR count). The number of benzene rings is 3. The quantitative estimate of drug-likeness (QED) is 0.294. The van der Waals surface area contributed by atoms with Crippen molar-refractivity contribution >= 4 is 28.3 Å². The number of fused-ring (bicyclic) bond motifs is 1. The van der Waals surface area contributed by atoms with Crippen LogP contribution in [0.25, 0.3) is 10.8 Å². The highest BCUT2D eigenvalue weighted by atomic mass is 19.4. The Balaban J connectivity index is 1.30. The van der Waals surface area contributed by atoms with Crippen LogP contribution in [-0.4, -0.2) is 23.0 Å². The number of aliphatic carboxylic acids is 1. The number of hydrogen-bond acceptors (Lipinski definition) is 4. The van der Waals surface area contributed by atoms with E-state index in [0.29, 0.717) is 34.4 Å². The lowest BCUT2D eigenvalue weighted by Crippen LogP contribution is -2.59. The highest BCUT2D eigenvalue weighted by Gasteiger charge is 2.56. The Bertz CT molecular complexity index is 1430. The van der Waals surface area contributed by atoms with Crippen LogP contribution in [-0.2, 0) is 17.6 Å². The largest absolute Gasteiger partial charge is 0.487 e. The van der Waals surface area contributed by atoms with E-state index in [2.05, 4.69) is 5.32 Å². The van der Waals surface area contributed by atoms with Crippen LogP contribution in [0.2, 0.25) is 0 Å². The first kappa shape index (κ1) is 26.5. The molecule has 1 amide bonds.